The predicted octanol–water partition coefficient (Wildman–Crippen LogP) is 1.59. The van der Waals surface area contributed by atoms with Gasteiger partial charge in [0, 0.05) is 12.2 Å². The Balaban J connectivity index is 2.23. The van der Waals surface area contributed by atoms with Crippen LogP contribution in [0.25, 0.3) is 0 Å². The Hall–Kier alpha value is -1.07. The van der Waals surface area contributed by atoms with Gasteiger partial charge in [-0.3, -0.25) is 0 Å². The van der Waals surface area contributed by atoms with Crippen molar-refractivity contribution in [2.75, 3.05) is 17.6 Å². The summed E-state index contributed by atoms with van der Waals surface area (Å²) in [6, 6.07) is 5.29. The molecule has 0 bridgehead atoms. The largest absolute Gasteiger partial charge is 0.389 e. The lowest BCUT2D eigenvalue weighted by atomic mass is 10.1. The van der Waals surface area contributed by atoms with Crippen LogP contribution < -0.4 is 5.32 Å². The number of sulfone groups is 1. The summed E-state index contributed by atoms with van der Waals surface area (Å²) in [7, 11) is -3.08. The van der Waals surface area contributed by atoms with Gasteiger partial charge in [-0.1, -0.05) is 0 Å². The number of hydrogen-bond donors (Lipinski definition) is 2. The third-order valence-electron chi connectivity index (χ3n) is 2.98. The number of fused-ring (bicyclic) bond motifs is 1. The Morgan fingerprint density at radius 1 is 1.39 bits per heavy atom. The first-order chi connectivity index (χ1) is 8.28. The molecule has 1 heterocycles. The van der Waals surface area contributed by atoms with Crippen LogP contribution in [-0.4, -0.2) is 31.4 Å². The van der Waals surface area contributed by atoms with Crippen molar-refractivity contribution < 1.29 is 13.5 Å². The second kappa shape index (κ2) is 4.55. The number of aryl methyl sites for hydroxylation is 1. The quantitative estimate of drug-likeness (QED) is 0.874. The minimum Gasteiger partial charge on any atom is -0.389 e. The summed E-state index contributed by atoms with van der Waals surface area (Å²) in [5.41, 5.74) is 0.942. The Labute approximate surface area is 108 Å². The van der Waals surface area contributed by atoms with E-state index in [9.17, 15) is 13.5 Å². The summed E-state index contributed by atoms with van der Waals surface area (Å²) in [4.78, 5) is 0.461. The lowest BCUT2D eigenvalue weighted by Crippen LogP contribution is -2.29. The molecule has 0 spiro atoms. The molecule has 0 aromatic heterocycles. The Morgan fingerprint density at radius 2 is 2.11 bits per heavy atom. The summed E-state index contributed by atoms with van der Waals surface area (Å²) in [6.07, 6.45) is 1.48. The molecule has 0 fully saturated rings. The summed E-state index contributed by atoms with van der Waals surface area (Å²) in [5.74, 6) is 0.246. The van der Waals surface area contributed by atoms with Gasteiger partial charge in [-0.15, -0.1) is 0 Å². The fourth-order valence-corrected chi connectivity index (χ4v) is 3.65. The van der Waals surface area contributed by atoms with Gasteiger partial charge in [0.1, 0.15) is 0 Å². The van der Waals surface area contributed by atoms with E-state index in [1.807, 2.05) is 6.07 Å². The smallest absolute Gasteiger partial charge is 0.178 e. The molecule has 100 valence electrons. The Bertz CT molecular complexity index is 544. The molecule has 1 aromatic carbocycles. The second-order valence-corrected chi connectivity index (χ2v) is 7.49. The number of nitrogens with one attached hydrogen (secondary N) is 1. The van der Waals surface area contributed by atoms with Crippen molar-refractivity contribution in [2.45, 2.75) is 37.2 Å². The molecule has 18 heavy (non-hydrogen) atoms. The van der Waals surface area contributed by atoms with Crippen molar-refractivity contribution in [3.05, 3.63) is 23.8 Å². The molecule has 0 unspecified atom stereocenters. The normalized spacial score (nSPS) is 18.2. The first-order valence-corrected chi connectivity index (χ1v) is 7.75. The highest BCUT2D eigenvalue weighted by atomic mass is 32.2. The topological polar surface area (TPSA) is 66.4 Å². The van der Waals surface area contributed by atoms with E-state index in [2.05, 4.69) is 5.32 Å². The third-order valence-corrected chi connectivity index (χ3v) is 4.87. The zero-order chi connectivity index (χ0) is 13.4. The molecule has 1 aliphatic rings. The molecule has 0 atom stereocenters. The van der Waals surface area contributed by atoms with Gasteiger partial charge >= 0.3 is 0 Å². The standard InChI is InChI=1S/C13H19NO3S/c1-13(2,15)9-14-11-5-6-12-10(8-11)4-3-7-18(12,16)17/h5-6,8,14-15H,3-4,7,9H2,1-2H3. The van der Waals surface area contributed by atoms with Crippen molar-refractivity contribution in [1.82, 2.24) is 0 Å². The fraction of sp³-hybridized carbons (Fsp3) is 0.538. The predicted molar refractivity (Wildman–Crippen MR) is 71.6 cm³/mol. The zero-order valence-corrected chi connectivity index (χ0v) is 11.5. The van der Waals surface area contributed by atoms with Crippen molar-refractivity contribution in [2.24, 2.45) is 0 Å². The van der Waals surface area contributed by atoms with Gasteiger partial charge < -0.3 is 10.4 Å². The molecule has 0 saturated carbocycles. The van der Waals surface area contributed by atoms with Crippen molar-refractivity contribution >= 4 is 15.5 Å². The third kappa shape index (κ3) is 3.03. The van der Waals surface area contributed by atoms with E-state index >= 15 is 0 Å². The lowest BCUT2D eigenvalue weighted by molar-refractivity contribution is 0.0945. The zero-order valence-electron chi connectivity index (χ0n) is 10.7. The summed E-state index contributed by atoms with van der Waals surface area (Å²) >= 11 is 0. The molecular formula is C13H19NO3S. The molecule has 2 rings (SSSR count). The minimum atomic E-state index is -3.08. The maximum Gasteiger partial charge on any atom is 0.178 e. The van der Waals surface area contributed by atoms with E-state index in [1.54, 1.807) is 26.0 Å². The maximum absolute atomic E-state index is 11.8. The number of hydrogen-bond acceptors (Lipinski definition) is 4. The molecular weight excluding hydrogens is 250 g/mol. The van der Waals surface area contributed by atoms with Crippen LogP contribution in [0, 0.1) is 0 Å². The van der Waals surface area contributed by atoms with Gasteiger partial charge in [0.2, 0.25) is 0 Å². The van der Waals surface area contributed by atoms with Crippen LogP contribution in [0.3, 0.4) is 0 Å². The van der Waals surface area contributed by atoms with E-state index in [-0.39, 0.29) is 5.75 Å². The van der Waals surface area contributed by atoms with E-state index < -0.39 is 15.4 Å². The van der Waals surface area contributed by atoms with Gasteiger partial charge in [-0.05, 0) is 50.5 Å². The van der Waals surface area contributed by atoms with Gasteiger partial charge in [-0.2, -0.15) is 0 Å². The van der Waals surface area contributed by atoms with E-state index in [1.165, 1.54) is 0 Å². The van der Waals surface area contributed by atoms with Crippen LogP contribution in [0.2, 0.25) is 0 Å². The average Bonchev–Trinajstić information content (AvgIpc) is 2.25. The highest BCUT2D eigenvalue weighted by Crippen LogP contribution is 2.27. The van der Waals surface area contributed by atoms with Crippen molar-refractivity contribution in [1.29, 1.82) is 0 Å². The van der Waals surface area contributed by atoms with E-state index in [0.717, 1.165) is 17.7 Å². The first kappa shape index (κ1) is 13.4. The van der Waals surface area contributed by atoms with Crippen molar-refractivity contribution in [3.8, 4) is 0 Å². The molecule has 0 saturated heterocycles. The van der Waals surface area contributed by atoms with Gasteiger partial charge in [0.15, 0.2) is 9.84 Å². The van der Waals surface area contributed by atoms with Gasteiger partial charge in [0.05, 0.1) is 16.2 Å². The highest BCUT2D eigenvalue weighted by molar-refractivity contribution is 7.91. The molecule has 5 heteroatoms. The summed E-state index contributed by atoms with van der Waals surface area (Å²) in [6.45, 7) is 3.88. The molecule has 0 amide bonds. The lowest BCUT2D eigenvalue weighted by Gasteiger charge is -2.21. The number of anilines is 1. The first-order valence-electron chi connectivity index (χ1n) is 6.10. The van der Waals surface area contributed by atoms with Gasteiger partial charge in [0.25, 0.3) is 0 Å². The van der Waals surface area contributed by atoms with E-state index in [4.69, 9.17) is 0 Å². The minimum absolute atomic E-state index is 0.246. The van der Waals surface area contributed by atoms with Crippen molar-refractivity contribution in [3.63, 3.8) is 0 Å². The summed E-state index contributed by atoms with van der Waals surface area (Å²) < 4.78 is 23.7. The SMILES string of the molecule is CC(C)(O)CNc1ccc2c(c1)CCCS2(=O)=O. The Morgan fingerprint density at radius 3 is 2.78 bits per heavy atom. The molecule has 1 aliphatic heterocycles. The molecule has 4 nitrogen and oxygen atoms in total. The van der Waals surface area contributed by atoms with Crippen LogP contribution in [0.1, 0.15) is 25.8 Å². The summed E-state index contributed by atoms with van der Waals surface area (Å²) in [5, 5.41) is 12.8. The van der Waals surface area contributed by atoms with Crippen LogP contribution in [-0.2, 0) is 16.3 Å². The molecule has 1 aromatic rings. The number of aliphatic hydroxyl groups is 1. The van der Waals surface area contributed by atoms with Crippen LogP contribution >= 0.6 is 0 Å². The second-order valence-electron chi connectivity index (χ2n) is 5.41. The highest BCUT2D eigenvalue weighted by Gasteiger charge is 2.23. The van der Waals surface area contributed by atoms with Crippen LogP contribution in [0.4, 0.5) is 5.69 Å². The Kier molecular flexibility index (Phi) is 3.38. The monoisotopic (exact) mass is 269 g/mol. The van der Waals surface area contributed by atoms with Crippen LogP contribution in [0.15, 0.2) is 23.1 Å². The van der Waals surface area contributed by atoms with Crippen LogP contribution in [0.5, 0.6) is 0 Å². The molecule has 0 aliphatic carbocycles. The van der Waals surface area contributed by atoms with Gasteiger partial charge in [-0.25, -0.2) is 8.42 Å². The molecule has 2 N–H and O–H groups in total. The number of rotatable bonds is 3. The molecule has 0 radical (unpaired) electrons. The fourth-order valence-electron chi connectivity index (χ4n) is 2.07. The maximum atomic E-state index is 11.8. The average molecular weight is 269 g/mol. The van der Waals surface area contributed by atoms with E-state index in [0.29, 0.717) is 17.9 Å². The number of benzene rings is 1.